The Kier molecular flexibility index (Phi) is 11.4. The van der Waals surface area contributed by atoms with Crippen molar-refractivity contribution in [3.63, 3.8) is 0 Å². The summed E-state index contributed by atoms with van der Waals surface area (Å²) in [6.07, 6.45) is 5.01. The van der Waals surface area contributed by atoms with Gasteiger partial charge in [0.15, 0.2) is 0 Å². The molecular weight excluding hydrogens is 930 g/mol. The molecule has 0 radical (unpaired) electrons. The van der Waals surface area contributed by atoms with Crippen LogP contribution >= 0.6 is 0 Å². The Balaban J connectivity index is 1.12. The summed E-state index contributed by atoms with van der Waals surface area (Å²) >= 11 is 0. The van der Waals surface area contributed by atoms with E-state index >= 15 is 0 Å². The maximum absolute atomic E-state index is 2.62. The zero-order valence-electron chi connectivity index (χ0n) is 45.5. The summed E-state index contributed by atoms with van der Waals surface area (Å²) in [5, 5.41) is 0. The van der Waals surface area contributed by atoms with Gasteiger partial charge >= 0.3 is 6.85 Å². The van der Waals surface area contributed by atoms with E-state index in [9.17, 15) is 0 Å². The monoisotopic (exact) mass is 994 g/mol. The number of aromatic nitrogens is 1. The summed E-state index contributed by atoms with van der Waals surface area (Å²) in [5.41, 5.74) is 25.3. The summed E-state index contributed by atoms with van der Waals surface area (Å²) in [5.74, 6) is 1.14. The zero-order valence-corrected chi connectivity index (χ0v) is 45.5. The highest BCUT2D eigenvalue weighted by Crippen LogP contribution is 2.58. The molecule has 0 N–H and O–H groups in total. The van der Waals surface area contributed by atoms with Crippen molar-refractivity contribution >= 4 is 40.9 Å². The molecule has 1 aliphatic carbocycles. The van der Waals surface area contributed by atoms with Crippen molar-refractivity contribution in [2.45, 2.75) is 60.8 Å². The number of benzene rings is 9. The lowest BCUT2D eigenvalue weighted by Gasteiger charge is -2.46. The van der Waals surface area contributed by atoms with Crippen LogP contribution in [-0.2, 0) is 5.41 Å². The molecule has 0 atom stereocenters. The van der Waals surface area contributed by atoms with Crippen LogP contribution in [0.4, 0.5) is 28.6 Å². The van der Waals surface area contributed by atoms with Gasteiger partial charge in [0, 0.05) is 45.6 Å². The van der Waals surface area contributed by atoms with Crippen LogP contribution in [0.2, 0.25) is 0 Å². The second kappa shape index (κ2) is 18.3. The second-order valence-corrected chi connectivity index (χ2v) is 23.9. The maximum Gasteiger partial charge on any atom is 0.332 e. The molecule has 9 aromatic carbocycles. The Morgan fingerprint density at radius 2 is 0.740 bits per heavy atom. The smallest absolute Gasteiger partial charge is 0.332 e. The third kappa shape index (κ3) is 8.39. The lowest BCUT2D eigenvalue weighted by molar-refractivity contribution is 0.394. The molecule has 2 aliphatic heterocycles. The first kappa shape index (κ1) is 48.1. The minimum atomic E-state index is -0.293. The molecule has 3 aliphatic rings. The van der Waals surface area contributed by atoms with Gasteiger partial charge in [-0.25, -0.2) is 0 Å². The Morgan fingerprint density at radius 3 is 1.19 bits per heavy atom. The fourth-order valence-corrected chi connectivity index (χ4v) is 12.8. The summed E-state index contributed by atoms with van der Waals surface area (Å²) in [4.78, 5) is 5.17. The van der Waals surface area contributed by atoms with E-state index in [1.54, 1.807) is 0 Å². The van der Waals surface area contributed by atoms with E-state index in [1.165, 1.54) is 94.8 Å². The van der Waals surface area contributed by atoms with Crippen LogP contribution in [0.1, 0.15) is 61.0 Å². The molecule has 77 heavy (non-hydrogen) atoms. The predicted molar refractivity (Wildman–Crippen MR) is 328 cm³/mol. The Hall–Kier alpha value is -8.60. The molecule has 3 heterocycles. The molecule has 10 aromatic rings. The molecule has 3 nitrogen and oxygen atoms in total. The lowest BCUT2D eigenvalue weighted by atomic mass is 9.41. The number of rotatable bonds is 8. The number of hydrogen-bond donors (Lipinski definition) is 0. The third-order valence-electron chi connectivity index (χ3n) is 16.5. The molecule has 1 aromatic heterocycles. The van der Waals surface area contributed by atoms with Crippen molar-refractivity contribution in [3.05, 3.63) is 265 Å². The first-order valence-corrected chi connectivity index (χ1v) is 27.3. The molecule has 374 valence electrons. The SMILES string of the molecule is CC(C)(C)C1=CC2=C(B3c4c(cc(-c5cc(-c6ccccc6)cc(-c6ccccc6)c5)cc4N(c4ccc(-c5ccccc5)cc4)c4cc(-c5ccc(C(C)(C)C)cc5)cn43)N2c2ccc(-c3ccccc3)cc2)C1(C)C. The highest BCUT2D eigenvalue weighted by Gasteiger charge is 2.54. The molecule has 0 spiro atoms. The average molecular weight is 994 g/mol. The van der Waals surface area contributed by atoms with E-state index < -0.39 is 0 Å². The van der Waals surface area contributed by atoms with Crippen LogP contribution in [-0.4, -0.2) is 11.3 Å². The Bertz CT molecular complexity index is 3850. The Labute approximate surface area is 456 Å². The average Bonchev–Trinajstić information content (AvgIpc) is 4.21. The van der Waals surface area contributed by atoms with E-state index in [1.807, 2.05) is 0 Å². The van der Waals surface area contributed by atoms with Crippen molar-refractivity contribution in [2.24, 2.45) is 10.8 Å². The van der Waals surface area contributed by atoms with Gasteiger partial charge < -0.3 is 9.38 Å². The van der Waals surface area contributed by atoms with Crippen LogP contribution in [0, 0.1) is 10.8 Å². The number of allylic oxidation sites excluding steroid dienone is 3. The van der Waals surface area contributed by atoms with Crippen molar-refractivity contribution in [1.29, 1.82) is 0 Å². The van der Waals surface area contributed by atoms with Gasteiger partial charge in [0.2, 0.25) is 0 Å². The molecule has 0 saturated heterocycles. The normalized spacial score (nSPS) is 14.5. The van der Waals surface area contributed by atoms with Gasteiger partial charge in [0.1, 0.15) is 5.82 Å². The van der Waals surface area contributed by atoms with Gasteiger partial charge in [-0.2, -0.15) is 0 Å². The highest BCUT2D eigenvalue weighted by atomic mass is 15.3. The summed E-state index contributed by atoms with van der Waals surface area (Å²) in [7, 11) is 0. The molecule has 13 rings (SSSR count). The van der Waals surface area contributed by atoms with E-state index in [2.05, 4.69) is 312 Å². The van der Waals surface area contributed by atoms with Gasteiger partial charge in [-0.1, -0.05) is 231 Å². The van der Waals surface area contributed by atoms with Crippen molar-refractivity contribution < 1.29 is 0 Å². The van der Waals surface area contributed by atoms with E-state index in [-0.39, 0.29) is 23.1 Å². The van der Waals surface area contributed by atoms with Crippen molar-refractivity contribution in [3.8, 4) is 66.8 Å². The van der Waals surface area contributed by atoms with Crippen molar-refractivity contribution in [2.75, 3.05) is 9.80 Å². The minimum Gasteiger partial charge on any atom is -0.368 e. The van der Waals surface area contributed by atoms with E-state index in [0.717, 1.165) is 28.3 Å². The molecule has 4 heteroatoms. The molecule has 0 fully saturated rings. The zero-order chi connectivity index (χ0) is 52.8. The highest BCUT2D eigenvalue weighted by molar-refractivity contribution is 6.83. The number of hydrogen-bond acceptors (Lipinski definition) is 2. The van der Waals surface area contributed by atoms with E-state index in [0.29, 0.717) is 0 Å². The fraction of sp³-hybridized carbons (Fsp3) is 0.151. The molecule has 0 bridgehead atoms. The minimum absolute atomic E-state index is 0.0456. The number of anilines is 5. The van der Waals surface area contributed by atoms with Crippen LogP contribution in [0.15, 0.2) is 260 Å². The first-order valence-electron chi connectivity index (χ1n) is 27.3. The first-order chi connectivity index (χ1) is 37.2. The summed E-state index contributed by atoms with van der Waals surface area (Å²) < 4.78 is 2.62. The molecule has 0 amide bonds. The molecule has 0 saturated carbocycles. The lowest BCUT2D eigenvalue weighted by Crippen LogP contribution is -2.54. The summed E-state index contributed by atoms with van der Waals surface area (Å²) in [6.45, 7) is 18.9. The molecule has 0 unspecified atom stereocenters. The van der Waals surface area contributed by atoms with Gasteiger partial charge in [0.05, 0.1) is 0 Å². The van der Waals surface area contributed by atoms with Crippen LogP contribution in [0.5, 0.6) is 0 Å². The van der Waals surface area contributed by atoms with Gasteiger partial charge in [-0.05, 0) is 155 Å². The largest absolute Gasteiger partial charge is 0.368 e. The maximum atomic E-state index is 2.62. The topological polar surface area (TPSA) is 11.4 Å². The summed E-state index contributed by atoms with van der Waals surface area (Å²) in [6, 6.07) is 85.6. The number of fused-ring (bicyclic) bond motifs is 3. The third-order valence-corrected chi connectivity index (χ3v) is 16.5. The van der Waals surface area contributed by atoms with Gasteiger partial charge in [-0.15, -0.1) is 0 Å². The van der Waals surface area contributed by atoms with Gasteiger partial charge in [0.25, 0.3) is 0 Å². The second-order valence-electron chi connectivity index (χ2n) is 23.9. The Morgan fingerprint density at radius 1 is 0.364 bits per heavy atom. The molecular formula is C73H64BN3. The van der Waals surface area contributed by atoms with Crippen molar-refractivity contribution in [1.82, 2.24) is 4.48 Å². The van der Waals surface area contributed by atoms with Crippen LogP contribution < -0.4 is 15.3 Å². The van der Waals surface area contributed by atoms with E-state index in [4.69, 9.17) is 0 Å². The van der Waals surface area contributed by atoms with Gasteiger partial charge in [-0.3, -0.25) is 4.90 Å². The number of nitrogens with zero attached hydrogens (tertiary/aromatic N) is 3. The quantitative estimate of drug-likeness (QED) is 0.141. The van der Waals surface area contributed by atoms with Crippen LogP contribution in [0.25, 0.3) is 66.8 Å². The van der Waals surface area contributed by atoms with Crippen LogP contribution in [0.3, 0.4) is 0 Å². The predicted octanol–water partition coefficient (Wildman–Crippen LogP) is 19.3. The standard InChI is InChI=1S/C73H64BN3/c1-71(2,3)61-35-29-55(30-36-61)60-46-68-75(48-60)74-69-64(76(66-47-67(72(4,5)6)73(7,8)70(66)74)62-37-31-53(32-38-62)49-21-13-9-14-22-49)44-59(45-65(69)77(68)63-39-33-54(34-40-63)50-23-15-10-16-24-50)58-42-56(51-25-17-11-18-26-51)41-57(43-58)52-27-19-12-20-28-52/h9-48H,1-8H3. The fourth-order valence-electron chi connectivity index (χ4n) is 12.8.